The van der Waals surface area contributed by atoms with Crippen molar-refractivity contribution in [2.45, 2.75) is 64.9 Å². The number of nitrogens with zero attached hydrogens (tertiary/aromatic N) is 1. The van der Waals surface area contributed by atoms with Crippen molar-refractivity contribution in [2.75, 3.05) is 20.8 Å². The Balaban J connectivity index is 1.92. The van der Waals surface area contributed by atoms with E-state index in [2.05, 4.69) is 10.3 Å². The molecule has 1 fully saturated rings. The predicted octanol–water partition coefficient (Wildman–Crippen LogP) is 2.43. The summed E-state index contributed by atoms with van der Waals surface area (Å²) in [5.41, 5.74) is -1.09. The van der Waals surface area contributed by atoms with E-state index >= 15 is 0 Å². The van der Waals surface area contributed by atoms with Gasteiger partial charge in [-0.2, -0.15) is 0 Å². The quantitative estimate of drug-likeness (QED) is 0.307. The molecule has 3 rings (SSSR count). The minimum Gasteiger partial charge on any atom is -0.493 e. The lowest BCUT2D eigenvalue weighted by Gasteiger charge is -2.29. The van der Waals surface area contributed by atoms with Gasteiger partial charge in [0, 0.05) is 12.3 Å². The minimum atomic E-state index is -1.54. The summed E-state index contributed by atoms with van der Waals surface area (Å²) in [5, 5.41) is 2.47. The number of hydrogen-bond acceptors (Lipinski definition) is 12. The molecule has 0 aliphatic carbocycles. The van der Waals surface area contributed by atoms with Crippen molar-refractivity contribution in [3.63, 3.8) is 0 Å². The van der Waals surface area contributed by atoms with Gasteiger partial charge in [-0.15, -0.1) is 0 Å². The zero-order valence-electron chi connectivity index (χ0n) is 25.8. The number of rotatable bonds is 10. The van der Waals surface area contributed by atoms with Gasteiger partial charge in [-0.1, -0.05) is 44.2 Å². The molecular formula is C31H38N2O11. The summed E-state index contributed by atoms with van der Waals surface area (Å²) < 4.78 is 32.7. The molecule has 1 saturated heterocycles. The van der Waals surface area contributed by atoms with Gasteiger partial charge < -0.3 is 33.7 Å². The molecule has 1 amide bonds. The highest BCUT2D eigenvalue weighted by Crippen LogP contribution is 2.33. The fraction of sp³-hybridized carbons (Fsp3) is 0.484. The molecule has 1 aliphatic rings. The molecule has 0 radical (unpaired) electrons. The molecule has 2 heterocycles. The van der Waals surface area contributed by atoms with E-state index in [1.807, 2.05) is 18.2 Å². The molecule has 238 valence electrons. The molecule has 2 aromatic rings. The number of aromatic nitrogens is 1. The summed E-state index contributed by atoms with van der Waals surface area (Å²) in [6.07, 6.45) is -0.841. The number of benzene rings is 1. The smallest absolute Gasteiger partial charge is 0.349 e. The summed E-state index contributed by atoms with van der Waals surface area (Å²) in [6.45, 7) is 7.05. The molecule has 1 aromatic carbocycles. The molecule has 13 heteroatoms. The molecule has 13 nitrogen and oxygen atoms in total. The van der Waals surface area contributed by atoms with Crippen LogP contribution in [0.4, 0.5) is 0 Å². The third-order valence-electron chi connectivity index (χ3n) is 6.81. The van der Waals surface area contributed by atoms with Crippen molar-refractivity contribution in [1.29, 1.82) is 0 Å². The van der Waals surface area contributed by atoms with Crippen LogP contribution < -0.4 is 14.8 Å². The van der Waals surface area contributed by atoms with Crippen molar-refractivity contribution in [3.8, 4) is 11.5 Å². The van der Waals surface area contributed by atoms with Gasteiger partial charge in [0.2, 0.25) is 0 Å². The van der Waals surface area contributed by atoms with Crippen LogP contribution in [-0.4, -0.2) is 79.4 Å². The molecule has 1 aromatic heterocycles. The standard InChI is InChI=1S/C31H38N2O11/c1-17(2)27(35)43-24-18(3)42-29(37)21(16-41-28(36)20(24)15-19-11-9-8-10-12-19)33-26(34)23-25(22(39-6)13-14-32-23)44-31(4,5)30(38)40-7/h8-14,17-18,20-21,24H,15-16H2,1-7H3,(H,33,34)/t18-,20+,21-,24-/m0/s1. The van der Waals surface area contributed by atoms with Crippen LogP contribution in [0.25, 0.3) is 0 Å². The van der Waals surface area contributed by atoms with Crippen molar-refractivity contribution >= 4 is 29.8 Å². The van der Waals surface area contributed by atoms with Crippen LogP contribution in [-0.2, 0) is 44.5 Å². The second kappa shape index (κ2) is 14.7. The average Bonchev–Trinajstić information content (AvgIpc) is 3.02. The lowest BCUT2D eigenvalue weighted by molar-refractivity contribution is -0.176. The van der Waals surface area contributed by atoms with Crippen LogP contribution in [0.1, 0.15) is 50.7 Å². The monoisotopic (exact) mass is 614 g/mol. The van der Waals surface area contributed by atoms with Gasteiger partial charge in [0.15, 0.2) is 34.9 Å². The number of methoxy groups -OCH3 is 2. The number of amides is 1. The molecule has 0 unspecified atom stereocenters. The number of cyclic esters (lactones) is 2. The highest BCUT2D eigenvalue weighted by atomic mass is 16.6. The minimum absolute atomic E-state index is 0.0813. The van der Waals surface area contributed by atoms with Crippen LogP contribution in [0, 0.1) is 11.8 Å². The normalized spacial score (nSPS) is 20.6. The van der Waals surface area contributed by atoms with Crippen LogP contribution in [0.5, 0.6) is 11.5 Å². The van der Waals surface area contributed by atoms with Gasteiger partial charge in [0.1, 0.15) is 18.6 Å². The number of esters is 4. The number of ether oxygens (including phenoxy) is 6. The first-order valence-corrected chi connectivity index (χ1v) is 14.0. The Hall–Kier alpha value is -4.68. The lowest BCUT2D eigenvalue weighted by atomic mass is 9.91. The first-order chi connectivity index (χ1) is 20.8. The molecule has 4 atom stereocenters. The molecule has 0 bridgehead atoms. The third kappa shape index (κ3) is 8.23. The summed E-state index contributed by atoms with van der Waals surface area (Å²) in [7, 11) is 2.52. The largest absolute Gasteiger partial charge is 0.493 e. The maximum Gasteiger partial charge on any atom is 0.349 e. The topological polar surface area (TPSA) is 166 Å². The van der Waals surface area contributed by atoms with E-state index in [0.717, 1.165) is 5.56 Å². The average molecular weight is 615 g/mol. The Bertz CT molecular complexity index is 1360. The fourth-order valence-corrected chi connectivity index (χ4v) is 4.37. The van der Waals surface area contributed by atoms with E-state index in [1.54, 1.807) is 26.0 Å². The lowest BCUT2D eigenvalue weighted by Crippen LogP contribution is -2.47. The first kappa shape index (κ1) is 33.8. The molecule has 1 N–H and O–H groups in total. The third-order valence-corrected chi connectivity index (χ3v) is 6.81. The summed E-state index contributed by atoms with van der Waals surface area (Å²) in [4.78, 5) is 69.1. The Morgan fingerprint density at radius 2 is 1.75 bits per heavy atom. The van der Waals surface area contributed by atoms with Crippen LogP contribution in [0.15, 0.2) is 42.6 Å². The molecule has 0 spiro atoms. The molecule has 0 saturated carbocycles. The van der Waals surface area contributed by atoms with E-state index in [0.29, 0.717) is 0 Å². The maximum absolute atomic E-state index is 13.5. The van der Waals surface area contributed by atoms with Crippen molar-refractivity contribution < 1.29 is 52.4 Å². The Labute approximate surface area is 255 Å². The van der Waals surface area contributed by atoms with Gasteiger partial charge in [-0.05, 0) is 32.8 Å². The Morgan fingerprint density at radius 3 is 2.36 bits per heavy atom. The second-order valence-electron chi connectivity index (χ2n) is 10.9. The van der Waals surface area contributed by atoms with Crippen LogP contribution in [0.2, 0.25) is 0 Å². The van der Waals surface area contributed by atoms with Gasteiger partial charge in [0.25, 0.3) is 5.91 Å². The molecular weight excluding hydrogens is 576 g/mol. The number of pyridine rings is 1. The number of hydrogen-bond donors (Lipinski definition) is 1. The van der Waals surface area contributed by atoms with Crippen molar-refractivity contribution in [3.05, 3.63) is 53.9 Å². The van der Waals surface area contributed by atoms with E-state index < -0.39 is 72.1 Å². The maximum atomic E-state index is 13.5. The first-order valence-electron chi connectivity index (χ1n) is 14.0. The van der Waals surface area contributed by atoms with E-state index in [1.165, 1.54) is 47.3 Å². The van der Waals surface area contributed by atoms with E-state index in [4.69, 9.17) is 28.4 Å². The number of nitrogens with one attached hydrogen (secondary N) is 1. The molecule has 1 aliphatic heterocycles. The zero-order valence-corrected chi connectivity index (χ0v) is 25.8. The van der Waals surface area contributed by atoms with Gasteiger partial charge >= 0.3 is 23.9 Å². The highest BCUT2D eigenvalue weighted by Gasteiger charge is 2.42. The van der Waals surface area contributed by atoms with Crippen molar-refractivity contribution in [1.82, 2.24) is 10.3 Å². The second-order valence-corrected chi connectivity index (χ2v) is 10.9. The van der Waals surface area contributed by atoms with E-state index in [-0.39, 0.29) is 23.6 Å². The number of carbonyl (C=O) groups excluding carboxylic acids is 5. The van der Waals surface area contributed by atoms with Gasteiger partial charge in [-0.3, -0.25) is 14.4 Å². The predicted molar refractivity (Wildman–Crippen MR) is 154 cm³/mol. The Morgan fingerprint density at radius 1 is 1.07 bits per heavy atom. The van der Waals surface area contributed by atoms with Crippen molar-refractivity contribution in [2.24, 2.45) is 11.8 Å². The van der Waals surface area contributed by atoms with Gasteiger partial charge in [0.05, 0.1) is 20.1 Å². The van der Waals surface area contributed by atoms with Gasteiger partial charge in [-0.25, -0.2) is 14.6 Å². The van der Waals surface area contributed by atoms with E-state index in [9.17, 15) is 24.0 Å². The summed E-state index contributed by atoms with van der Waals surface area (Å²) in [6, 6.07) is 8.99. The molecule has 44 heavy (non-hydrogen) atoms. The Kier molecular flexibility index (Phi) is 11.3. The summed E-state index contributed by atoms with van der Waals surface area (Å²) in [5.74, 6) is -5.54. The highest BCUT2D eigenvalue weighted by molar-refractivity contribution is 5.98. The fourth-order valence-electron chi connectivity index (χ4n) is 4.37. The van der Waals surface area contributed by atoms with Crippen LogP contribution >= 0.6 is 0 Å². The number of carbonyl (C=O) groups is 5. The summed E-state index contributed by atoms with van der Waals surface area (Å²) >= 11 is 0. The zero-order chi connectivity index (χ0) is 32.6. The van der Waals surface area contributed by atoms with Crippen LogP contribution in [0.3, 0.4) is 0 Å². The SMILES string of the molecule is COC(=O)C(C)(C)Oc1c(OC)ccnc1C(=O)N[C@H]1COC(=O)[C@H](Cc2ccccc2)[C@@H](OC(=O)C(C)C)[C@H](C)OC1=O.